The Balaban J connectivity index is 1.71. The van der Waals surface area contributed by atoms with Crippen LogP contribution in [0.15, 0.2) is 57.7 Å². The summed E-state index contributed by atoms with van der Waals surface area (Å²) in [6.07, 6.45) is 0. The monoisotopic (exact) mass is 357 g/mol. The molecule has 0 fully saturated rings. The molecule has 1 N–H and O–H groups in total. The molecule has 0 aliphatic carbocycles. The van der Waals surface area contributed by atoms with E-state index in [4.69, 9.17) is 4.42 Å². The Kier molecular flexibility index (Phi) is 5.18. The van der Waals surface area contributed by atoms with Gasteiger partial charge in [0.1, 0.15) is 12.4 Å². The molecular formula is C19H20FN3O3. The number of carbonyl (C=O) groups excluding carboxylic acids is 1. The average Bonchev–Trinajstić information content (AvgIpc) is 2.90. The molecule has 26 heavy (non-hydrogen) atoms. The lowest BCUT2D eigenvalue weighted by Crippen LogP contribution is -2.37. The molecule has 7 heteroatoms. The van der Waals surface area contributed by atoms with Gasteiger partial charge in [0, 0.05) is 6.54 Å². The molecular weight excluding hydrogens is 337 g/mol. The van der Waals surface area contributed by atoms with Gasteiger partial charge in [0.05, 0.1) is 11.6 Å². The van der Waals surface area contributed by atoms with Crippen LogP contribution in [0.25, 0.3) is 11.1 Å². The highest BCUT2D eigenvalue weighted by Gasteiger charge is 2.17. The third-order valence-electron chi connectivity index (χ3n) is 4.22. The van der Waals surface area contributed by atoms with Gasteiger partial charge in [0.15, 0.2) is 5.58 Å². The van der Waals surface area contributed by atoms with E-state index in [-0.39, 0.29) is 24.3 Å². The van der Waals surface area contributed by atoms with Gasteiger partial charge in [-0.25, -0.2) is 9.18 Å². The molecule has 1 atom stereocenters. The van der Waals surface area contributed by atoms with E-state index in [1.807, 2.05) is 25.1 Å². The van der Waals surface area contributed by atoms with Crippen molar-refractivity contribution in [1.82, 2.24) is 14.8 Å². The summed E-state index contributed by atoms with van der Waals surface area (Å²) in [7, 11) is 3.71. The minimum atomic E-state index is -0.573. The highest BCUT2D eigenvalue weighted by molar-refractivity contribution is 5.79. The quantitative estimate of drug-likeness (QED) is 0.734. The number of benzene rings is 2. The van der Waals surface area contributed by atoms with Gasteiger partial charge >= 0.3 is 5.76 Å². The molecule has 3 aromatic rings. The van der Waals surface area contributed by atoms with E-state index < -0.39 is 5.76 Å². The molecule has 136 valence electrons. The summed E-state index contributed by atoms with van der Waals surface area (Å²) in [5.41, 5.74) is 1.78. The molecule has 1 heterocycles. The summed E-state index contributed by atoms with van der Waals surface area (Å²) in [6.45, 7) is 0.152. The molecule has 0 spiro atoms. The SMILES string of the molecule is CN(C)C(CNC(=O)Cn1c(=O)oc2ccccc21)c1cccc(F)c1. The Morgan fingerprint density at radius 2 is 2.00 bits per heavy atom. The minimum Gasteiger partial charge on any atom is -0.408 e. The lowest BCUT2D eigenvalue weighted by Gasteiger charge is -2.25. The first kappa shape index (κ1) is 17.9. The number of rotatable bonds is 6. The van der Waals surface area contributed by atoms with Crippen molar-refractivity contribution in [1.29, 1.82) is 0 Å². The van der Waals surface area contributed by atoms with E-state index >= 15 is 0 Å². The molecule has 1 unspecified atom stereocenters. The fourth-order valence-electron chi connectivity index (χ4n) is 2.89. The van der Waals surface area contributed by atoms with Crippen molar-refractivity contribution in [2.45, 2.75) is 12.6 Å². The van der Waals surface area contributed by atoms with Gasteiger partial charge in [-0.1, -0.05) is 24.3 Å². The summed E-state index contributed by atoms with van der Waals surface area (Å²) in [6, 6.07) is 13.0. The number of hydrogen-bond acceptors (Lipinski definition) is 4. The van der Waals surface area contributed by atoms with E-state index in [2.05, 4.69) is 5.32 Å². The first-order valence-electron chi connectivity index (χ1n) is 8.22. The molecule has 0 saturated heterocycles. The number of aromatic nitrogens is 1. The molecule has 1 amide bonds. The Hall–Kier alpha value is -2.93. The molecule has 3 rings (SSSR count). The summed E-state index contributed by atoms with van der Waals surface area (Å²) < 4.78 is 19.9. The predicted octanol–water partition coefficient (Wildman–Crippen LogP) is 2.15. The van der Waals surface area contributed by atoms with Crippen LogP contribution in [-0.4, -0.2) is 36.0 Å². The van der Waals surface area contributed by atoms with Gasteiger partial charge in [-0.15, -0.1) is 0 Å². The maximum Gasteiger partial charge on any atom is 0.420 e. The van der Waals surface area contributed by atoms with Crippen LogP contribution in [0.1, 0.15) is 11.6 Å². The van der Waals surface area contributed by atoms with Gasteiger partial charge in [-0.3, -0.25) is 9.36 Å². The molecule has 6 nitrogen and oxygen atoms in total. The predicted molar refractivity (Wildman–Crippen MR) is 96.3 cm³/mol. The van der Waals surface area contributed by atoms with Gasteiger partial charge in [-0.05, 0) is 43.9 Å². The Morgan fingerprint density at radius 1 is 1.23 bits per heavy atom. The van der Waals surface area contributed by atoms with Crippen molar-refractivity contribution in [3.05, 3.63) is 70.5 Å². The number of amides is 1. The maximum absolute atomic E-state index is 13.5. The number of fused-ring (bicyclic) bond motifs is 1. The lowest BCUT2D eigenvalue weighted by atomic mass is 10.1. The van der Waals surface area contributed by atoms with E-state index in [0.29, 0.717) is 17.6 Å². The first-order valence-corrected chi connectivity index (χ1v) is 8.22. The highest BCUT2D eigenvalue weighted by atomic mass is 19.1. The van der Waals surface area contributed by atoms with Crippen LogP contribution in [0.5, 0.6) is 0 Å². The maximum atomic E-state index is 13.5. The number of halogens is 1. The molecule has 0 bridgehead atoms. The van der Waals surface area contributed by atoms with E-state index in [1.165, 1.54) is 16.7 Å². The third kappa shape index (κ3) is 3.83. The zero-order valence-corrected chi connectivity index (χ0v) is 14.6. The number of nitrogens with zero attached hydrogens (tertiary/aromatic N) is 2. The summed E-state index contributed by atoms with van der Waals surface area (Å²) in [4.78, 5) is 26.2. The van der Waals surface area contributed by atoms with Crippen LogP contribution in [0.4, 0.5) is 4.39 Å². The topological polar surface area (TPSA) is 67.5 Å². The Bertz CT molecular complexity index is 977. The lowest BCUT2D eigenvalue weighted by molar-refractivity contribution is -0.121. The van der Waals surface area contributed by atoms with Crippen molar-refractivity contribution in [3.8, 4) is 0 Å². The van der Waals surface area contributed by atoms with Crippen molar-refractivity contribution in [2.24, 2.45) is 0 Å². The van der Waals surface area contributed by atoms with Gasteiger partial charge < -0.3 is 14.6 Å². The fraction of sp³-hybridized carbons (Fsp3) is 0.263. The normalized spacial score (nSPS) is 12.5. The van der Waals surface area contributed by atoms with E-state index in [1.54, 1.807) is 30.3 Å². The van der Waals surface area contributed by atoms with Crippen LogP contribution in [-0.2, 0) is 11.3 Å². The summed E-state index contributed by atoms with van der Waals surface area (Å²) in [5, 5.41) is 2.81. The number of hydrogen-bond donors (Lipinski definition) is 1. The number of likely N-dealkylation sites (N-methyl/N-ethyl adjacent to an activating group) is 1. The first-order chi connectivity index (χ1) is 12.5. The van der Waals surface area contributed by atoms with Crippen LogP contribution >= 0.6 is 0 Å². The number of nitrogens with one attached hydrogen (secondary N) is 1. The van der Waals surface area contributed by atoms with Crippen molar-refractivity contribution >= 4 is 17.0 Å². The van der Waals surface area contributed by atoms with E-state index in [0.717, 1.165) is 5.56 Å². The molecule has 2 aromatic carbocycles. The average molecular weight is 357 g/mol. The zero-order valence-electron chi connectivity index (χ0n) is 14.6. The van der Waals surface area contributed by atoms with Gasteiger partial charge in [0.25, 0.3) is 0 Å². The van der Waals surface area contributed by atoms with Crippen molar-refractivity contribution < 1.29 is 13.6 Å². The zero-order chi connectivity index (χ0) is 18.7. The number of para-hydroxylation sites is 2. The van der Waals surface area contributed by atoms with Crippen LogP contribution in [0.2, 0.25) is 0 Å². The van der Waals surface area contributed by atoms with E-state index in [9.17, 15) is 14.0 Å². The molecule has 1 aromatic heterocycles. The van der Waals surface area contributed by atoms with Crippen molar-refractivity contribution in [2.75, 3.05) is 20.6 Å². The van der Waals surface area contributed by atoms with Crippen LogP contribution in [0.3, 0.4) is 0 Å². The Morgan fingerprint density at radius 3 is 2.73 bits per heavy atom. The van der Waals surface area contributed by atoms with Crippen molar-refractivity contribution in [3.63, 3.8) is 0 Å². The number of oxazole rings is 1. The Labute approximate surface area is 149 Å². The second-order valence-electron chi connectivity index (χ2n) is 6.26. The van der Waals surface area contributed by atoms with Crippen LogP contribution in [0, 0.1) is 5.82 Å². The van der Waals surface area contributed by atoms with Crippen LogP contribution < -0.4 is 11.1 Å². The second-order valence-corrected chi connectivity index (χ2v) is 6.26. The highest BCUT2D eigenvalue weighted by Crippen LogP contribution is 2.18. The fourth-order valence-corrected chi connectivity index (χ4v) is 2.89. The number of carbonyl (C=O) groups is 1. The molecule has 0 aliphatic heterocycles. The molecule has 0 aliphatic rings. The minimum absolute atomic E-state index is 0.140. The second kappa shape index (κ2) is 7.53. The summed E-state index contributed by atoms with van der Waals surface area (Å²) >= 11 is 0. The van der Waals surface area contributed by atoms with Gasteiger partial charge in [-0.2, -0.15) is 0 Å². The standard InChI is InChI=1S/C19H20FN3O3/c1-22(2)16(13-6-5-7-14(20)10-13)11-21-18(24)12-23-15-8-3-4-9-17(15)26-19(23)25/h3-10,16H,11-12H2,1-2H3,(H,21,24). The third-order valence-corrected chi connectivity index (χ3v) is 4.22. The smallest absolute Gasteiger partial charge is 0.408 e. The summed E-state index contributed by atoms with van der Waals surface area (Å²) in [5.74, 6) is -1.21. The largest absolute Gasteiger partial charge is 0.420 e. The van der Waals surface area contributed by atoms with Gasteiger partial charge in [0.2, 0.25) is 5.91 Å². The molecule has 0 radical (unpaired) electrons. The molecule has 0 saturated carbocycles.